The third-order valence-electron chi connectivity index (χ3n) is 2.71. The Hall–Kier alpha value is -0.710. The average molecular weight is 257 g/mol. The third kappa shape index (κ3) is 4.98. The van der Waals surface area contributed by atoms with Crippen LogP contribution in [-0.2, 0) is 6.54 Å². The monoisotopic (exact) mass is 256 g/mol. The van der Waals surface area contributed by atoms with E-state index in [2.05, 4.69) is 35.6 Å². The summed E-state index contributed by atoms with van der Waals surface area (Å²) in [5.41, 5.74) is 6.81. The highest BCUT2D eigenvalue weighted by molar-refractivity contribution is 6.29. The molecule has 5 heteroatoms. The van der Waals surface area contributed by atoms with E-state index in [1.165, 1.54) is 0 Å². The molecule has 0 saturated carbocycles. The number of hydrogen-bond donors (Lipinski definition) is 1. The number of rotatable bonds is 6. The van der Waals surface area contributed by atoms with Gasteiger partial charge < -0.3 is 5.73 Å². The molecular weight excluding hydrogens is 236 g/mol. The predicted molar refractivity (Wildman–Crippen MR) is 70.8 cm³/mol. The molecule has 0 saturated heterocycles. The van der Waals surface area contributed by atoms with Gasteiger partial charge in [-0.2, -0.15) is 0 Å². The fraction of sp³-hybridized carbons (Fsp3) is 0.667. The summed E-state index contributed by atoms with van der Waals surface area (Å²) in [5.74, 6) is 0. The first-order chi connectivity index (χ1) is 7.96. The molecule has 0 unspecified atom stereocenters. The van der Waals surface area contributed by atoms with Crippen LogP contribution in [0.5, 0.6) is 0 Å². The minimum atomic E-state index is 0.121. The maximum absolute atomic E-state index is 5.75. The molecule has 96 valence electrons. The molecule has 1 rings (SSSR count). The summed E-state index contributed by atoms with van der Waals surface area (Å²) < 4.78 is 0. The summed E-state index contributed by atoms with van der Waals surface area (Å²) in [7, 11) is 0. The highest BCUT2D eigenvalue weighted by Crippen LogP contribution is 2.16. The van der Waals surface area contributed by atoms with Crippen LogP contribution in [0.15, 0.2) is 12.4 Å². The van der Waals surface area contributed by atoms with Gasteiger partial charge in [-0.25, -0.2) is 4.98 Å². The first-order valence-corrected chi connectivity index (χ1v) is 6.23. The SMILES string of the molecule is CCN(Cc1cnc(Cl)cn1)CC(C)(C)CN. The van der Waals surface area contributed by atoms with Crippen LogP contribution in [-0.4, -0.2) is 34.5 Å². The fourth-order valence-electron chi connectivity index (χ4n) is 1.60. The highest BCUT2D eigenvalue weighted by Gasteiger charge is 2.19. The number of nitrogens with zero attached hydrogens (tertiary/aromatic N) is 3. The van der Waals surface area contributed by atoms with Crippen LogP contribution in [0.25, 0.3) is 0 Å². The molecule has 0 bridgehead atoms. The number of aromatic nitrogens is 2. The van der Waals surface area contributed by atoms with Gasteiger partial charge in [0, 0.05) is 13.1 Å². The zero-order valence-corrected chi connectivity index (χ0v) is 11.5. The van der Waals surface area contributed by atoms with Gasteiger partial charge in [-0.15, -0.1) is 0 Å². The molecule has 1 aromatic heterocycles. The first-order valence-electron chi connectivity index (χ1n) is 5.85. The molecule has 0 atom stereocenters. The van der Waals surface area contributed by atoms with E-state index in [0.29, 0.717) is 11.7 Å². The van der Waals surface area contributed by atoms with Crippen molar-refractivity contribution in [3.05, 3.63) is 23.2 Å². The molecule has 17 heavy (non-hydrogen) atoms. The molecular formula is C12H21ClN4. The van der Waals surface area contributed by atoms with Crippen LogP contribution in [0.3, 0.4) is 0 Å². The zero-order valence-electron chi connectivity index (χ0n) is 10.8. The molecule has 0 aliphatic carbocycles. The molecule has 1 aromatic rings. The van der Waals surface area contributed by atoms with Crippen molar-refractivity contribution in [2.75, 3.05) is 19.6 Å². The van der Waals surface area contributed by atoms with Gasteiger partial charge in [0.25, 0.3) is 0 Å². The van der Waals surface area contributed by atoms with E-state index in [0.717, 1.165) is 25.3 Å². The Kier molecular flexibility index (Phi) is 5.31. The van der Waals surface area contributed by atoms with E-state index in [-0.39, 0.29) is 5.41 Å². The molecule has 0 spiro atoms. The molecule has 4 nitrogen and oxygen atoms in total. The predicted octanol–water partition coefficient (Wildman–Crippen LogP) is 1.94. The molecule has 1 heterocycles. The van der Waals surface area contributed by atoms with Crippen LogP contribution >= 0.6 is 11.6 Å². The summed E-state index contributed by atoms with van der Waals surface area (Å²) in [6.07, 6.45) is 3.30. The lowest BCUT2D eigenvalue weighted by Gasteiger charge is -2.30. The first kappa shape index (κ1) is 14.4. The van der Waals surface area contributed by atoms with Crippen LogP contribution in [0.2, 0.25) is 5.15 Å². The summed E-state index contributed by atoms with van der Waals surface area (Å²) >= 11 is 5.71. The molecule has 0 fully saturated rings. The van der Waals surface area contributed by atoms with Crippen molar-refractivity contribution in [1.82, 2.24) is 14.9 Å². The third-order valence-corrected chi connectivity index (χ3v) is 2.91. The van der Waals surface area contributed by atoms with Gasteiger partial charge in [0.15, 0.2) is 0 Å². The fourth-order valence-corrected chi connectivity index (χ4v) is 1.70. The van der Waals surface area contributed by atoms with Gasteiger partial charge >= 0.3 is 0 Å². The van der Waals surface area contributed by atoms with E-state index < -0.39 is 0 Å². The molecule has 0 amide bonds. The second-order valence-corrected chi connectivity index (χ2v) is 5.39. The van der Waals surface area contributed by atoms with Gasteiger partial charge in [-0.3, -0.25) is 9.88 Å². The molecule has 2 N–H and O–H groups in total. The largest absolute Gasteiger partial charge is 0.330 e. The van der Waals surface area contributed by atoms with Gasteiger partial charge in [0.05, 0.1) is 18.1 Å². The van der Waals surface area contributed by atoms with E-state index >= 15 is 0 Å². The van der Waals surface area contributed by atoms with Gasteiger partial charge in [-0.05, 0) is 18.5 Å². The molecule has 0 aliphatic heterocycles. The summed E-state index contributed by atoms with van der Waals surface area (Å²) in [4.78, 5) is 10.6. The van der Waals surface area contributed by atoms with Gasteiger partial charge in [0.2, 0.25) is 0 Å². The van der Waals surface area contributed by atoms with Crippen LogP contribution in [0.4, 0.5) is 0 Å². The van der Waals surface area contributed by atoms with Crippen molar-refractivity contribution in [3.63, 3.8) is 0 Å². The van der Waals surface area contributed by atoms with Crippen molar-refractivity contribution < 1.29 is 0 Å². The van der Waals surface area contributed by atoms with E-state index in [9.17, 15) is 0 Å². The van der Waals surface area contributed by atoms with Crippen molar-refractivity contribution >= 4 is 11.6 Å². The second-order valence-electron chi connectivity index (χ2n) is 5.00. The Morgan fingerprint density at radius 3 is 2.53 bits per heavy atom. The lowest BCUT2D eigenvalue weighted by Crippen LogP contribution is -2.38. The Balaban J connectivity index is 2.61. The smallest absolute Gasteiger partial charge is 0.147 e. The van der Waals surface area contributed by atoms with Crippen molar-refractivity contribution in [2.45, 2.75) is 27.3 Å². The molecule has 0 aromatic carbocycles. The van der Waals surface area contributed by atoms with Crippen LogP contribution < -0.4 is 5.73 Å². The van der Waals surface area contributed by atoms with Crippen molar-refractivity contribution in [3.8, 4) is 0 Å². The summed E-state index contributed by atoms with van der Waals surface area (Å²) in [6.45, 7) is 9.85. The number of hydrogen-bond acceptors (Lipinski definition) is 4. The Bertz CT molecular complexity index is 337. The van der Waals surface area contributed by atoms with Crippen LogP contribution in [0, 0.1) is 5.41 Å². The van der Waals surface area contributed by atoms with Crippen molar-refractivity contribution in [2.24, 2.45) is 11.1 Å². The summed E-state index contributed by atoms with van der Waals surface area (Å²) in [5, 5.41) is 0.430. The second kappa shape index (κ2) is 6.28. The number of halogens is 1. The topological polar surface area (TPSA) is 55.0 Å². The highest BCUT2D eigenvalue weighted by atomic mass is 35.5. The lowest BCUT2D eigenvalue weighted by molar-refractivity contribution is 0.181. The minimum Gasteiger partial charge on any atom is -0.330 e. The van der Waals surface area contributed by atoms with Crippen LogP contribution in [0.1, 0.15) is 26.5 Å². The number of nitrogens with two attached hydrogens (primary N) is 1. The normalized spacial score (nSPS) is 12.1. The zero-order chi connectivity index (χ0) is 12.9. The Morgan fingerprint density at radius 1 is 1.35 bits per heavy atom. The maximum Gasteiger partial charge on any atom is 0.147 e. The average Bonchev–Trinajstić information content (AvgIpc) is 2.31. The maximum atomic E-state index is 5.75. The Morgan fingerprint density at radius 2 is 2.06 bits per heavy atom. The quantitative estimate of drug-likeness (QED) is 0.845. The van der Waals surface area contributed by atoms with Gasteiger partial charge in [0.1, 0.15) is 5.15 Å². The van der Waals surface area contributed by atoms with E-state index in [1.807, 2.05) is 0 Å². The van der Waals surface area contributed by atoms with Gasteiger partial charge in [-0.1, -0.05) is 32.4 Å². The van der Waals surface area contributed by atoms with E-state index in [4.69, 9.17) is 17.3 Å². The Labute approximate surface area is 108 Å². The molecule has 0 aliphatic rings. The molecule has 0 radical (unpaired) electrons. The standard InChI is InChI=1S/C12H21ClN4/c1-4-17(9-12(2,3)8-14)7-10-5-16-11(13)6-15-10/h5-6H,4,7-9,14H2,1-3H3. The van der Waals surface area contributed by atoms with Crippen molar-refractivity contribution in [1.29, 1.82) is 0 Å². The minimum absolute atomic E-state index is 0.121. The lowest BCUT2D eigenvalue weighted by atomic mass is 9.93. The summed E-state index contributed by atoms with van der Waals surface area (Å²) in [6, 6.07) is 0. The van der Waals surface area contributed by atoms with E-state index in [1.54, 1.807) is 12.4 Å².